The second-order valence-electron chi connectivity index (χ2n) is 4.47. The molecule has 0 spiro atoms. The molecular weight excluding hydrogens is 226 g/mol. The Bertz CT molecular complexity index is 347. The van der Waals surface area contributed by atoms with E-state index >= 15 is 0 Å². The molecule has 0 aliphatic carbocycles. The summed E-state index contributed by atoms with van der Waals surface area (Å²) in [6.07, 6.45) is 1.57. The quantitative estimate of drug-likeness (QED) is 0.831. The predicted octanol–water partition coefficient (Wildman–Crippen LogP) is 1.76. The molecule has 0 aliphatic heterocycles. The molecule has 0 aromatic carbocycles. The first kappa shape index (κ1) is 13.5. The van der Waals surface area contributed by atoms with E-state index in [9.17, 15) is 5.11 Å². The van der Waals surface area contributed by atoms with Gasteiger partial charge in [-0.1, -0.05) is 25.4 Å². The van der Waals surface area contributed by atoms with Gasteiger partial charge in [0, 0.05) is 19.1 Å². The van der Waals surface area contributed by atoms with Crippen LogP contribution >= 0.6 is 11.6 Å². The normalized spacial score (nSPS) is 15.4. The molecule has 16 heavy (non-hydrogen) atoms. The second-order valence-corrected chi connectivity index (χ2v) is 4.87. The molecular formula is C11H20ClN3O. The lowest BCUT2D eigenvalue weighted by Crippen LogP contribution is -2.40. The molecule has 1 rings (SSSR count). The fourth-order valence-electron chi connectivity index (χ4n) is 1.62. The highest BCUT2D eigenvalue weighted by atomic mass is 35.5. The van der Waals surface area contributed by atoms with Gasteiger partial charge in [0.05, 0.1) is 16.9 Å². The number of halogens is 1. The van der Waals surface area contributed by atoms with E-state index in [1.54, 1.807) is 17.8 Å². The Balaban J connectivity index is 2.91. The molecule has 0 fully saturated rings. The van der Waals surface area contributed by atoms with E-state index in [1.165, 1.54) is 0 Å². The van der Waals surface area contributed by atoms with E-state index in [0.29, 0.717) is 29.8 Å². The molecule has 1 unspecified atom stereocenters. The topological polar surface area (TPSA) is 50.1 Å². The Labute approximate surface area is 102 Å². The van der Waals surface area contributed by atoms with Crippen molar-refractivity contribution >= 4 is 11.6 Å². The summed E-state index contributed by atoms with van der Waals surface area (Å²) < 4.78 is 1.73. The lowest BCUT2D eigenvalue weighted by molar-refractivity contribution is 0.0458. The fourth-order valence-corrected chi connectivity index (χ4v) is 1.97. The van der Waals surface area contributed by atoms with Crippen molar-refractivity contribution in [1.29, 1.82) is 0 Å². The molecule has 92 valence electrons. The van der Waals surface area contributed by atoms with Crippen LogP contribution < -0.4 is 5.32 Å². The molecule has 1 heterocycles. The molecule has 1 aromatic heterocycles. The van der Waals surface area contributed by atoms with Crippen LogP contribution in [0.4, 0.5) is 0 Å². The van der Waals surface area contributed by atoms with Crippen molar-refractivity contribution in [3.63, 3.8) is 0 Å². The average Bonchev–Trinajstić information content (AvgIpc) is 2.57. The van der Waals surface area contributed by atoms with E-state index in [1.807, 2.05) is 20.8 Å². The van der Waals surface area contributed by atoms with Gasteiger partial charge in [0.2, 0.25) is 0 Å². The number of hydrogen-bond donors (Lipinski definition) is 2. The number of hydrogen-bond acceptors (Lipinski definition) is 3. The maximum atomic E-state index is 10.4. The van der Waals surface area contributed by atoms with Crippen molar-refractivity contribution in [3.8, 4) is 0 Å². The molecule has 0 radical (unpaired) electrons. The number of nitrogens with zero attached hydrogens (tertiary/aromatic N) is 2. The number of nitrogens with one attached hydrogen (secondary N) is 1. The van der Waals surface area contributed by atoms with Crippen LogP contribution in [0, 0.1) is 0 Å². The zero-order valence-corrected chi connectivity index (χ0v) is 11.0. The zero-order valence-electron chi connectivity index (χ0n) is 10.3. The molecule has 0 bridgehead atoms. The molecule has 0 aliphatic rings. The lowest BCUT2D eigenvalue weighted by Gasteiger charge is -2.26. The zero-order chi connectivity index (χ0) is 12.3. The highest BCUT2D eigenvalue weighted by Crippen LogP contribution is 2.27. The minimum absolute atomic E-state index is 0.322. The number of rotatable bonds is 5. The highest BCUT2D eigenvalue weighted by molar-refractivity contribution is 6.31. The fraction of sp³-hybridized carbons (Fsp3) is 0.727. The molecule has 0 amide bonds. The maximum Gasteiger partial charge on any atom is 0.117 e. The lowest BCUT2D eigenvalue weighted by atomic mass is 10.0. The molecule has 5 heteroatoms. The van der Waals surface area contributed by atoms with Gasteiger partial charge in [-0.25, -0.2) is 0 Å². The Morgan fingerprint density at radius 3 is 2.75 bits per heavy atom. The first-order valence-corrected chi connectivity index (χ1v) is 5.93. The largest absolute Gasteiger partial charge is 0.382 e. The van der Waals surface area contributed by atoms with Crippen molar-refractivity contribution in [2.45, 2.75) is 45.9 Å². The molecule has 4 nitrogen and oxygen atoms in total. The van der Waals surface area contributed by atoms with Crippen LogP contribution in [0.1, 0.15) is 33.4 Å². The summed E-state index contributed by atoms with van der Waals surface area (Å²) in [7, 11) is 0. The average molecular weight is 246 g/mol. The summed E-state index contributed by atoms with van der Waals surface area (Å²) >= 11 is 6.05. The van der Waals surface area contributed by atoms with Crippen molar-refractivity contribution in [2.24, 2.45) is 0 Å². The van der Waals surface area contributed by atoms with Crippen LogP contribution in [-0.4, -0.2) is 27.5 Å². The molecule has 0 saturated heterocycles. The first-order chi connectivity index (χ1) is 7.38. The minimum atomic E-state index is -1.01. The van der Waals surface area contributed by atoms with Crippen LogP contribution in [0.5, 0.6) is 0 Å². The van der Waals surface area contributed by atoms with Gasteiger partial charge in [0.15, 0.2) is 0 Å². The van der Waals surface area contributed by atoms with Crippen LogP contribution in [0.2, 0.25) is 5.02 Å². The van der Waals surface area contributed by atoms with Gasteiger partial charge in [-0.3, -0.25) is 4.68 Å². The Hall–Kier alpha value is -0.580. The summed E-state index contributed by atoms with van der Waals surface area (Å²) in [5, 5.41) is 18.2. The summed E-state index contributed by atoms with van der Waals surface area (Å²) in [5.74, 6) is 0. The monoisotopic (exact) mass is 245 g/mol. The molecule has 0 saturated carbocycles. The summed E-state index contributed by atoms with van der Waals surface area (Å²) in [4.78, 5) is 0. The third kappa shape index (κ3) is 2.97. The van der Waals surface area contributed by atoms with Gasteiger partial charge >= 0.3 is 0 Å². The minimum Gasteiger partial charge on any atom is -0.382 e. The predicted molar refractivity (Wildman–Crippen MR) is 65.6 cm³/mol. The number of aliphatic hydroxyl groups is 1. The van der Waals surface area contributed by atoms with Gasteiger partial charge in [0.25, 0.3) is 0 Å². The maximum absolute atomic E-state index is 10.4. The SMILES string of the molecule is CCn1ncc(Cl)c1C(C)(O)CNC(C)C. The first-order valence-electron chi connectivity index (χ1n) is 5.56. The number of aromatic nitrogens is 2. The number of aryl methyl sites for hydroxylation is 1. The van der Waals surface area contributed by atoms with Crippen molar-refractivity contribution < 1.29 is 5.11 Å². The van der Waals surface area contributed by atoms with E-state index in [-0.39, 0.29) is 0 Å². The second kappa shape index (κ2) is 5.17. The van der Waals surface area contributed by atoms with E-state index in [4.69, 9.17) is 11.6 Å². The van der Waals surface area contributed by atoms with E-state index in [2.05, 4.69) is 10.4 Å². The van der Waals surface area contributed by atoms with Gasteiger partial charge in [-0.2, -0.15) is 5.10 Å². The smallest absolute Gasteiger partial charge is 0.117 e. The van der Waals surface area contributed by atoms with Crippen molar-refractivity contribution in [2.75, 3.05) is 6.54 Å². The standard InChI is InChI=1S/C11H20ClN3O/c1-5-15-10(9(12)6-14-15)11(4,16)7-13-8(2)3/h6,8,13,16H,5,7H2,1-4H3. The molecule has 1 aromatic rings. The third-order valence-corrected chi connectivity index (χ3v) is 2.74. The van der Waals surface area contributed by atoms with Crippen LogP contribution in [0.25, 0.3) is 0 Å². The highest BCUT2D eigenvalue weighted by Gasteiger charge is 2.29. The summed E-state index contributed by atoms with van der Waals surface area (Å²) in [5.41, 5.74) is -0.335. The van der Waals surface area contributed by atoms with Gasteiger partial charge < -0.3 is 10.4 Å². The van der Waals surface area contributed by atoms with Crippen molar-refractivity contribution in [1.82, 2.24) is 15.1 Å². The van der Waals surface area contributed by atoms with Crippen LogP contribution in [0.3, 0.4) is 0 Å². The van der Waals surface area contributed by atoms with E-state index in [0.717, 1.165) is 0 Å². The van der Waals surface area contributed by atoms with Gasteiger partial charge in [0.1, 0.15) is 5.60 Å². The summed E-state index contributed by atoms with van der Waals surface area (Å²) in [6, 6.07) is 0.322. The summed E-state index contributed by atoms with van der Waals surface area (Å²) in [6.45, 7) is 8.94. The Morgan fingerprint density at radius 2 is 2.25 bits per heavy atom. The molecule has 1 atom stereocenters. The molecule has 2 N–H and O–H groups in total. The van der Waals surface area contributed by atoms with E-state index < -0.39 is 5.60 Å². The van der Waals surface area contributed by atoms with Gasteiger partial charge in [-0.05, 0) is 13.8 Å². The van der Waals surface area contributed by atoms with Crippen molar-refractivity contribution in [3.05, 3.63) is 16.9 Å². The Morgan fingerprint density at radius 1 is 1.62 bits per heavy atom. The van der Waals surface area contributed by atoms with Gasteiger partial charge in [-0.15, -0.1) is 0 Å². The Kier molecular flexibility index (Phi) is 4.35. The van der Waals surface area contributed by atoms with Crippen LogP contribution in [-0.2, 0) is 12.1 Å². The third-order valence-electron chi connectivity index (χ3n) is 2.46. The van der Waals surface area contributed by atoms with Crippen LogP contribution in [0.15, 0.2) is 6.20 Å².